The van der Waals surface area contributed by atoms with Crippen LogP contribution in [0, 0.1) is 0 Å². The van der Waals surface area contributed by atoms with Crippen LogP contribution in [0.4, 0.5) is 0 Å². The molecule has 1 heterocycles. The summed E-state index contributed by atoms with van der Waals surface area (Å²) in [5.74, 6) is 0.985. The van der Waals surface area contributed by atoms with Crippen LogP contribution in [0.3, 0.4) is 0 Å². The van der Waals surface area contributed by atoms with Crippen LogP contribution in [0.5, 0.6) is 0 Å². The molecule has 0 aliphatic carbocycles. The van der Waals surface area contributed by atoms with Crippen LogP contribution < -0.4 is 0 Å². The van der Waals surface area contributed by atoms with E-state index in [-0.39, 0.29) is 0 Å². The van der Waals surface area contributed by atoms with Crippen LogP contribution in [0.2, 0.25) is 0 Å². The molecule has 46 valence electrons. The zero-order valence-electron chi connectivity index (χ0n) is 5.31. The predicted octanol–water partition coefficient (Wildman–Crippen LogP) is 2.09. The zero-order valence-corrected chi connectivity index (χ0v) is 5.31. The van der Waals surface area contributed by atoms with Gasteiger partial charge >= 0.3 is 0 Å². The Hall–Kier alpha value is -0.460. The van der Waals surface area contributed by atoms with E-state index in [9.17, 15) is 0 Å². The van der Waals surface area contributed by atoms with Gasteiger partial charge in [0.2, 0.25) is 0 Å². The maximum atomic E-state index is 5.02. The van der Waals surface area contributed by atoms with Crippen LogP contribution in [0.25, 0.3) is 0 Å². The lowest BCUT2D eigenvalue weighted by atomic mass is 10.2. The van der Waals surface area contributed by atoms with Crippen molar-refractivity contribution >= 4 is 0 Å². The highest BCUT2D eigenvalue weighted by Gasteiger charge is 2.28. The number of hydrogen-bond acceptors (Lipinski definition) is 1. The summed E-state index contributed by atoms with van der Waals surface area (Å²) in [6, 6.07) is 0. The van der Waals surface area contributed by atoms with E-state index in [2.05, 4.69) is 13.5 Å². The Morgan fingerprint density at radius 1 is 1.75 bits per heavy atom. The highest BCUT2D eigenvalue weighted by molar-refractivity contribution is 5.07. The van der Waals surface area contributed by atoms with Gasteiger partial charge in [-0.25, -0.2) is 0 Å². The minimum absolute atomic E-state index is 0.426. The molecular weight excluding hydrogens is 100 g/mol. The quantitative estimate of drug-likeness (QED) is 0.509. The van der Waals surface area contributed by atoms with Crippen molar-refractivity contribution in [1.82, 2.24) is 0 Å². The SMILES string of the molecule is C=C1OC1CCCC. The summed E-state index contributed by atoms with van der Waals surface area (Å²) in [5.41, 5.74) is 0. The lowest BCUT2D eigenvalue weighted by Crippen LogP contribution is -1.81. The van der Waals surface area contributed by atoms with Gasteiger partial charge in [0.05, 0.1) is 0 Å². The lowest BCUT2D eigenvalue weighted by Gasteiger charge is -1.85. The van der Waals surface area contributed by atoms with Gasteiger partial charge in [-0.3, -0.25) is 0 Å². The molecule has 1 aliphatic rings. The fourth-order valence-corrected chi connectivity index (χ4v) is 0.758. The standard InChI is InChI=1S/C7H12O/c1-3-4-5-7-6(2)8-7/h7H,2-5H2,1H3. The molecule has 0 aromatic heterocycles. The van der Waals surface area contributed by atoms with E-state index in [0.29, 0.717) is 6.10 Å². The summed E-state index contributed by atoms with van der Waals surface area (Å²) >= 11 is 0. The molecule has 0 spiro atoms. The van der Waals surface area contributed by atoms with Crippen molar-refractivity contribution in [3.8, 4) is 0 Å². The van der Waals surface area contributed by atoms with Gasteiger partial charge in [0.25, 0.3) is 0 Å². The first-order valence-corrected chi connectivity index (χ1v) is 3.20. The van der Waals surface area contributed by atoms with Crippen molar-refractivity contribution in [1.29, 1.82) is 0 Å². The second-order valence-electron chi connectivity index (χ2n) is 2.22. The molecule has 1 atom stereocenters. The van der Waals surface area contributed by atoms with Gasteiger partial charge in [-0.05, 0) is 12.8 Å². The molecular formula is C7H12O. The van der Waals surface area contributed by atoms with E-state index in [1.165, 1.54) is 19.3 Å². The van der Waals surface area contributed by atoms with E-state index in [1.807, 2.05) is 0 Å². The van der Waals surface area contributed by atoms with Gasteiger partial charge in [0, 0.05) is 0 Å². The van der Waals surface area contributed by atoms with Gasteiger partial charge in [0.1, 0.15) is 5.76 Å². The average molecular weight is 112 g/mol. The molecule has 0 N–H and O–H groups in total. The monoisotopic (exact) mass is 112 g/mol. The number of hydrogen-bond donors (Lipinski definition) is 0. The minimum atomic E-state index is 0.426. The third-order valence-electron chi connectivity index (χ3n) is 1.42. The number of ether oxygens (including phenoxy) is 1. The van der Waals surface area contributed by atoms with Crippen molar-refractivity contribution in [2.24, 2.45) is 0 Å². The molecule has 1 heteroatoms. The van der Waals surface area contributed by atoms with Gasteiger partial charge < -0.3 is 4.74 Å². The summed E-state index contributed by atoms with van der Waals surface area (Å²) in [6.07, 6.45) is 4.13. The fraction of sp³-hybridized carbons (Fsp3) is 0.714. The van der Waals surface area contributed by atoms with Gasteiger partial charge in [0.15, 0.2) is 6.10 Å². The van der Waals surface area contributed by atoms with Gasteiger partial charge in [-0.1, -0.05) is 19.9 Å². The topological polar surface area (TPSA) is 12.5 Å². The molecule has 1 unspecified atom stereocenters. The summed E-state index contributed by atoms with van der Waals surface area (Å²) in [5, 5.41) is 0. The Morgan fingerprint density at radius 2 is 2.38 bits per heavy atom. The molecule has 1 nitrogen and oxygen atoms in total. The first-order chi connectivity index (χ1) is 3.84. The van der Waals surface area contributed by atoms with Crippen molar-refractivity contribution in [3.05, 3.63) is 12.3 Å². The Morgan fingerprint density at radius 3 is 2.75 bits per heavy atom. The van der Waals surface area contributed by atoms with Crippen molar-refractivity contribution in [2.45, 2.75) is 32.3 Å². The third-order valence-corrected chi connectivity index (χ3v) is 1.42. The zero-order chi connectivity index (χ0) is 5.98. The third kappa shape index (κ3) is 1.25. The van der Waals surface area contributed by atoms with Crippen molar-refractivity contribution in [3.63, 3.8) is 0 Å². The maximum absolute atomic E-state index is 5.02. The van der Waals surface area contributed by atoms with Crippen LogP contribution in [-0.2, 0) is 4.74 Å². The van der Waals surface area contributed by atoms with Gasteiger partial charge in [-0.2, -0.15) is 0 Å². The lowest BCUT2D eigenvalue weighted by molar-refractivity contribution is 0.406. The smallest absolute Gasteiger partial charge is 0.154 e. The molecule has 0 aromatic rings. The minimum Gasteiger partial charge on any atom is -0.484 e. The Bertz CT molecular complexity index is 96.6. The highest BCUT2D eigenvalue weighted by atomic mass is 16.6. The van der Waals surface area contributed by atoms with Crippen LogP contribution in [-0.4, -0.2) is 6.10 Å². The number of epoxide rings is 1. The van der Waals surface area contributed by atoms with Crippen LogP contribution >= 0.6 is 0 Å². The van der Waals surface area contributed by atoms with Crippen molar-refractivity contribution in [2.75, 3.05) is 0 Å². The van der Waals surface area contributed by atoms with Crippen LogP contribution in [0.15, 0.2) is 12.3 Å². The molecule has 0 saturated carbocycles. The normalized spacial score (nSPS) is 25.1. The first kappa shape index (κ1) is 5.67. The largest absolute Gasteiger partial charge is 0.484 e. The van der Waals surface area contributed by atoms with E-state index in [0.717, 1.165) is 5.76 Å². The molecule has 0 amide bonds. The van der Waals surface area contributed by atoms with E-state index >= 15 is 0 Å². The summed E-state index contributed by atoms with van der Waals surface area (Å²) in [7, 11) is 0. The van der Waals surface area contributed by atoms with E-state index < -0.39 is 0 Å². The van der Waals surface area contributed by atoms with Crippen LogP contribution in [0.1, 0.15) is 26.2 Å². The number of rotatable bonds is 3. The summed E-state index contributed by atoms with van der Waals surface area (Å²) in [4.78, 5) is 0. The van der Waals surface area contributed by atoms with Gasteiger partial charge in [-0.15, -0.1) is 0 Å². The highest BCUT2D eigenvalue weighted by Crippen LogP contribution is 2.28. The second kappa shape index (κ2) is 2.21. The Kier molecular flexibility index (Phi) is 1.56. The predicted molar refractivity (Wildman–Crippen MR) is 33.5 cm³/mol. The Labute approximate surface area is 50.3 Å². The Balaban J connectivity index is 1.97. The van der Waals surface area contributed by atoms with E-state index in [4.69, 9.17) is 4.74 Å². The molecule has 1 saturated heterocycles. The summed E-state index contributed by atoms with van der Waals surface area (Å²) < 4.78 is 5.02. The summed E-state index contributed by atoms with van der Waals surface area (Å²) in [6.45, 7) is 5.86. The molecule has 8 heavy (non-hydrogen) atoms. The first-order valence-electron chi connectivity index (χ1n) is 3.20. The number of unbranched alkanes of at least 4 members (excludes halogenated alkanes) is 1. The average Bonchev–Trinajstić information content (AvgIpc) is 2.42. The molecule has 0 radical (unpaired) electrons. The molecule has 0 aromatic carbocycles. The fourth-order valence-electron chi connectivity index (χ4n) is 0.758. The van der Waals surface area contributed by atoms with Crippen molar-refractivity contribution < 1.29 is 4.74 Å². The molecule has 0 bridgehead atoms. The van der Waals surface area contributed by atoms with E-state index in [1.54, 1.807) is 0 Å². The maximum Gasteiger partial charge on any atom is 0.154 e. The molecule has 1 aliphatic heterocycles. The second-order valence-corrected chi connectivity index (χ2v) is 2.22. The molecule has 1 fully saturated rings. The molecule has 1 rings (SSSR count).